The number of rotatable bonds is 4. The van der Waals surface area contributed by atoms with Gasteiger partial charge in [-0.3, -0.25) is 14.2 Å². The maximum atomic E-state index is 12.8. The average molecular weight is 478 g/mol. The Bertz CT molecular complexity index is 1320. The molecule has 35 heavy (non-hydrogen) atoms. The second kappa shape index (κ2) is 8.75. The number of carbonyl (C=O) groups is 2. The molecule has 0 bridgehead atoms. The third kappa shape index (κ3) is 3.82. The van der Waals surface area contributed by atoms with Gasteiger partial charge in [-0.25, -0.2) is 4.98 Å². The second-order valence-corrected chi connectivity index (χ2v) is 9.54. The summed E-state index contributed by atoms with van der Waals surface area (Å²) in [6.07, 6.45) is 5.84. The molecule has 184 valence electrons. The van der Waals surface area contributed by atoms with Gasteiger partial charge in [0.2, 0.25) is 11.9 Å². The second-order valence-electron chi connectivity index (χ2n) is 9.54. The summed E-state index contributed by atoms with van der Waals surface area (Å²) in [5.74, 6) is 0.530. The Labute approximate surface area is 203 Å². The first-order valence-electron chi connectivity index (χ1n) is 12.1. The van der Waals surface area contributed by atoms with Crippen LogP contribution in [0.4, 0.5) is 11.8 Å². The maximum Gasteiger partial charge on any atom is 0.253 e. The van der Waals surface area contributed by atoms with Gasteiger partial charge in [-0.1, -0.05) is 18.9 Å². The number of nitrogens with zero attached hydrogens (tertiary/aromatic N) is 5. The third-order valence-corrected chi connectivity index (χ3v) is 7.39. The van der Waals surface area contributed by atoms with Gasteiger partial charge < -0.3 is 26.4 Å². The van der Waals surface area contributed by atoms with Crippen molar-refractivity contribution in [1.29, 1.82) is 0 Å². The van der Waals surface area contributed by atoms with Crippen LogP contribution >= 0.6 is 0 Å². The summed E-state index contributed by atoms with van der Waals surface area (Å²) in [6.45, 7) is 6.17. The monoisotopic (exact) mass is 477 g/mol. The van der Waals surface area contributed by atoms with Crippen molar-refractivity contribution in [2.45, 2.75) is 39.5 Å². The first-order chi connectivity index (χ1) is 16.8. The van der Waals surface area contributed by atoms with Crippen LogP contribution in [-0.2, 0) is 4.79 Å². The van der Waals surface area contributed by atoms with Gasteiger partial charge in [0.15, 0.2) is 5.65 Å². The molecule has 0 spiro atoms. The number of phenols is 1. The smallest absolute Gasteiger partial charge is 0.253 e. The van der Waals surface area contributed by atoms with Gasteiger partial charge in [0.1, 0.15) is 11.6 Å². The highest BCUT2D eigenvalue weighted by Crippen LogP contribution is 2.36. The quantitative estimate of drug-likeness (QED) is 0.523. The molecule has 2 aliphatic rings. The number of nitrogens with two attached hydrogens (primary N) is 2. The Morgan fingerprint density at radius 2 is 1.77 bits per heavy atom. The standard InChI is InChI=1S/C25H31N7O3/c1-14-7-8-18(33)15(2)20(14)32-21(26)19(22(27)34)17-13-28-25(29-23(17)32)31-11-9-30(10-12-31)24(35)16-5-3-4-6-16/h7-8,13,16,33H,3-6,9-12,26H2,1-2H3,(H2,27,34). The average Bonchev–Trinajstić information content (AvgIpc) is 3.48. The lowest BCUT2D eigenvalue weighted by Gasteiger charge is -2.36. The molecule has 5 N–H and O–H groups in total. The molecule has 5 rings (SSSR count). The number of hydrogen-bond acceptors (Lipinski definition) is 7. The van der Waals surface area contributed by atoms with E-state index in [1.807, 2.05) is 16.7 Å². The lowest BCUT2D eigenvalue weighted by Crippen LogP contribution is -2.50. The lowest BCUT2D eigenvalue weighted by atomic mass is 10.1. The van der Waals surface area contributed by atoms with Gasteiger partial charge in [-0.05, 0) is 38.3 Å². The normalized spacial score (nSPS) is 16.9. The van der Waals surface area contributed by atoms with Gasteiger partial charge in [-0.15, -0.1) is 0 Å². The number of anilines is 2. The Kier molecular flexibility index (Phi) is 5.74. The van der Waals surface area contributed by atoms with Gasteiger partial charge in [-0.2, -0.15) is 4.98 Å². The van der Waals surface area contributed by atoms with Gasteiger partial charge in [0.25, 0.3) is 5.91 Å². The number of hydrogen-bond donors (Lipinski definition) is 3. The van der Waals surface area contributed by atoms with E-state index < -0.39 is 5.91 Å². The molecule has 0 atom stereocenters. The molecule has 1 saturated heterocycles. The molecule has 0 radical (unpaired) electrons. The lowest BCUT2D eigenvalue weighted by molar-refractivity contribution is -0.135. The number of aryl methyl sites for hydroxylation is 1. The summed E-state index contributed by atoms with van der Waals surface area (Å²) in [7, 11) is 0. The summed E-state index contributed by atoms with van der Waals surface area (Å²) < 4.78 is 1.67. The van der Waals surface area contributed by atoms with Gasteiger partial charge in [0, 0.05) is 43.9 Å². The van der Waals surface area contributed by atoms with Crippen molar-refractivity contribution < 1.29 is 14.7 Å². The molecule has 2 aromatic heterocycles. The van der Waals surface area contributed by atoms with Crippen LogP contribution in [0.2, 0.25) is 0 Å². The largest absolute Gasteiger partial charge is 0.508 e. The molecule has 10 nitrogen and oxygen atoms in total. The number of aromatic hydroxyl groups is 1. The summed E-state index contributed by atoms with van der Waals surface area (Å²) in [6, 6.07) is 3.41. The van der Waals surface area contributed by atoms with Crippen molar-refractivity contribution in [2.24, 2.45) is 11.7 Å². The fourth-order valence-corrected chi connectivity index (χ4v) is 5.44. The van der Waals surface area contributed by atoms with Crippen LogP contribution in [0.15, 0.2) is 18.3 Å². The Balaban J connectivity index is 1.52. The Morgan fingerprint density at radius 3 is 2.43 bits per heavy atom. The number of benzene rings is 1. The molecule has 1 aliphatic carbocycles. The molecule has 10 heteroatoms. The number of fused-ring (bicyclic) bond motifs is 1. The van der Waals surface area contributed by atoms with E-state index in [1.54, 1.807) is 29.8 Å². The van der Waals surface area contributed by atoms with Crippen LogP contribution in [0, 0.1) is 19.8 Å². The molecule has 3 aromatic rings. The highest BCUT2D eigenvalue weighted by Gasteiger charge is 2.31. The molecular formula is C25H31N7O3. The highest BCUT2D eigenvalue weighted by molar-refractivity contribution is 6.11. The fraction of sp³-hybridized carbons (Fsp3) is 0.440. The zero-order valence-electron chi connectivity index (χ0n) is 20.1. The summed E-state index contributed by atoms with van der Waals surface area (Å²) >= 11 is 0. The number of piperazine rings is 1. The number of aromatic nitrogens is 3. The number of phenolic OH excluding ortho intramolecular Hbond substituents is 1. The number of amides is 2. The first-order valence-corrected chi connectivity index (χ1v) is 12.1. The van der Waals surface area contributed by atoms with Crippen LogP contribution in [-0.4, -0.2) is 62.5 Å². The topological polar surface area (TPSA) is 144 Å². The van der Waals surface area contributed by atoms with E-state index in [2.05, 4.69) is 4.98 Å². The minimum Gasteiger partial charge on any atom is -0.508 e. The van der Waals surface area contributed by atoms with Crippen LogP contribution in [0.25, 0.3) is 16.7 Å². The van der Waals surface area contributed by atoms with Crippen LogP contribution in [0.1, 0.15) is 47.2 Å². The van der Waals surface area contributed by atoms with E-state index in [-0.39, 0.29) is 29.0 Å². The minimum absolute atomic E-state index is 0.116. The minimum atomic E-state index is -0.669. The van der Waals surface area contributed by atoms with Gasteiger partial charge in [0.05, 0.1) is 16.6 Å². The van der Waals surface area contributed by atoms with E-state index in [9.17, 15) is 14.7 Å². The molecule has 1 aliphatic heterocycles. The molecule has 3 heterocycles. The van der Waals surface area contributed by atoms with Crippen LogP contribution < -0.4 is 16.4 Å². The molecule has 2 amide bonds. The van der Waals surface area contributed by atoms with Crippen molar-refractivity contribution in [3.05, 3.63) is 35.0 Å². The van der Waals surface area contributed by atoms with Crippen molar-refractivity contribution >= 4 is 34.6 Å². The van der Waals surface area contributed by atoms with Gasteiger partial charge >= 0.3 is 0 Å². The molecule has 1 saturated carbocycles. The number of nitrogen functional groups attached to an aromatic ring is 1. The Morgan fingerprint density at radius 1 is 1.09 bits per heavy atom. The van der Waals surface area contributed by atoms with Crippen molar-refractivity contribution in [3.8, 4) is 11.4 Å². The predicted molar refractivity (Wildman–Crippen MR) is 134 cm³/mol. The molecule has 1 aromatic carbocycles. The fourth-order valence-electron chi connectivity index (χ4n) is 5.44. The summed E-state index contributed by atoms with van der Waals surface area (Å²) in [5.41, 5.74) is 14.8. The van der Waals surface area contributed by atoms with Crippen LogP contribution in [0.3, 0.4) is 0 Å². The summed E-state index contributed by atoms with van der Waals surface area (Å²) in [4.78, 5) is 38.4. The number of primary amides is 1. The molecule has 2 fully saturated rings. The van der Waals surface area contributed by atoms with Crippen LogP contribution in [0.5, 0.6) is 5.75 Å². The van der Waals surface area contributed by atoms with E-state index in [1.165, 1.54) is 0 Å². The predicted octanol–water partition coefficient (Wildman–Crippen LogP) is 2.26. The highest BCUT2D eigenvalue weighted by atomic mass is 16.3. The first kappa shape index (κ1) is 22.9. The summed E-state index contributed by atoms with van der Waals surface area (Å²) in [5, 5.41) is 10.8. The van der Waals surface area contributed by atoms with Crippen molar-refractivity contribution in [2.75, 3.05) is 36.8 Å². The molecular weight excluding hydrogens is 446 g/mol. The zero-order chi connectivity index (χ0) is 24.9. The molecule has 0 unspecified atom stereocenters. The zero-order valence-corrected chi connectivity index (χ0v) is 20.1. The van der Waals surface area contributed by atoms with Crippen molar-refractivity contribution in [3.63, 3.8) is 0 Å². The maximum absolute atomic E-state index is 12.8. The SMILES string of the molecule is Cc1ccc(O)c(C)c1-n1c(N)c(C(N)=O)c2cnc(N3CCN(C(=O)C4CCCC4)CC3)nc21. The van der Waals surface area contributed by atoms with E-state index in [4.69, 9.17) is 16.5 Å². The van der Waals surface area contributed by atoms with E-state index >= 15 is 0 Å². The number of carbonyl (C=O) groups excluding carboxylic acids is 2. The van der Waals surface area contributed by atoms with E-state index in [0.29, 0.717) is 54.4 Å². The van der Waals surface area contributed by atoms with E-state index in [0.717, 1.165) is 31.2 Å². The van der Waals surface area contributed by atoms with Crippen molar-refractivity contribution in [1.82, 2.24) is 19.4 Å². The Hall–Kier alpha value is -3.82. The third-order valence-electron chi connectivity index (χ3n) is 7.39.